The molecule has 0 spiro atoms. The molecule has 0 aliphatic rings. The number of benzene rings is 1. The maximum Gasteiger partial charge on any atom is 0.241 e. The lowest BCUT2D eigenvalue weighted by molar-refractivity contribution is -0.113. The van der Waals surface area contributed by atoms with Crippen LogP contribution in [0.3, 0.4) is 0 Å². The van der Waals surface area contributed by atoms with Crippen LogP contribution in [0.25, 0.3) is 10.2 Å². The molecule has 1 heterocycles. The van der Waals surface area contributed by atoms with Crippen LogP contribution in [-0.2, 0) is 4.79 Å². The number of hydrogen-bond donors (Lipinski definition) is 1. The summed E-state index contributed by atoms with van der Waals surface area (Å²) in [5.41, 5.74) is 0.811. The molecule has 1 aromatic heterocycles. The Morgan fingerprint density at radius 1 is 1.59 bits per heavy atom. The Balaban J connectivity index is 2.27. The SMILES string of the molecule is CCOc1ccc2sc(NC(=O)CCl)nc2c1. The van der Waals surface area contributed by atoms with Crippen molar-refractivity contribution < 1.29 is 9.53 Å². The first-order chi connectivity index (χ1) is 8.22. The third-order valence-corrected chi connectivity index (χ3v) is 3.23. The van der Waals surface area contributed by atoms with Crippen molar-refractivity contribution >= 4 is 44.2 Å². The number of hydrogen-bond acceptors (Lipinski definition) is 4. The number of nitrogens with zero attached hydrogens (tertiary/aromatic N) is 1. The minimum absolute atomic E-state index is 0.0693. The van der Waals surface area contributed by atoms with E-state index >= 15 is 0 Å². The highest BCUT2D eigenvalue weighted by Gasteiger charge is 2.07. The van der Waals surface area contributed by atoms with Gasteiger partial charge in [-0.15, -0.1) is 11.6 Å². The molecule has 2 aromatic rings. The standard InChI is InChI=1S/C11H11ClN2O2S/c1-2-16-7-3-4-9-8(5-7)13-11(17-9)14-10(15)6-12/h3-5H,2,6H2,1H3,(H,13,14,15). The number of nitrogens with one attached hydrogen (secondary N) is 1. The molecule has 0 fully saturated rings. The van der Waals surface area contributed by atoms with Gasteiger partial charge in [0.1, 0.15) is 11.6 Å². The van der Waals surface area contributed by atoms with E-state index in [9.17, 15) is 4.79 Å². The third kappa shape index (κ3) is 2.87. The number of amides is 1. The van der Waals surface area contributed by atoms with Gasteiger partial charge in [-0.25, -0.2) is 4.98 Å². The van der Waals surface area contributed by atoms with Crippen LogP contribution >= 0.6 is 22.9 Å². The maximum atomic E-state index is 11.1. The van der Waals surface area contributed by atoms with Gasteiger partial charge < -0.3 is 10.1 Å². The van der Waals surface area contributed by atoms with Gasteiger partial charge in [0.2, 0.25) is 5.91 Å². The Labute approximate surface area is 108 Å². The first-order valence-corrected chi connectivity index (χ1v) is 6.47. The van der Waals surface area contributed by atoms with Crippen LogP contribution in [0.1, 0.15) is 6.92 Å². The van der Waals surface area contributed by atoms with Crippen molar-refractivity contribution in [3.05, 3.63) is 18.2 Å². The Morgan fingerprint density at radius 3 is 3.12 bits per heavy atom. The summed E-state index contributed by atoms with van der Waals surface area (Å²) in [7, 11) is 0. The van der Waals surface area contributed by atoms with Crippen molar-refractivity contribution in [2.75, 3.05) is 17.8 Å². The van der Waals surface area contributed by atoms with E-state index in [4.69, 9.17) is 16.3 Å². The Hall–Kier alpha value is -1.33. The van der Waals surface area contributed by atoms with Crippen LogP contribution < -0.4 is 10.1 Å². The smallest absolute Gasteiger partial charge is 0.241 e. The summed E-state index contributed by atoms with van der Waals surface area (Å²) in [5.74, 6) is 0.455. The molecule has 1 N–H and O–H groups in total. The van der Waals surface area contributed by atoms with E-state index in [0.29, 0.717) is 11.7 Å². The number of thiazole rings is 1. The van der Waals surface area contributed by atoms with Gasteiger partial charge in [-0.2, -0.15) is 0 Å². The Bertz CT molecular complexity index is 541. The van der Waals surface area contributed by atoms with Crippen LogP contribution in [0.15, 0.2) is 18.2 Å². The number of ether oxygens (including phenoxy) is 1. The van der Waals surface area contributed by atoms with Crippen LogP contribution in [0.2, 0.25) is 0 Å². The van der Waals surface area contributed by atoms with Gasteiger partial charge in [0.05, 0.1) is 16.8 Å². The number of anilines is 1. The summed E-state index contributed by atoms with van der Waals surface area (Å²) in [6.07, 6.45) is 0. The van der Waals surface area contributed by atoms with Crippen molar-refractivity contribution in [2.45, 2.75) is 6.92 Å². The first-order valence-electron chi connectivity index (χ1n) is 5.12. The molecule has 1 amide bonds. The fraction of sp³-hybridized carbons (Fsp3) is 0.273. The number of alkyl halides is 1. The van der Waals surface area contributed by atoms with Gasteiger partial charge in [0.15, 0.2) is 5.13 Å². The predicted molar refractivity (Wildman–Crippen MR) is 70.1 cm³/mol. The molecule has 2 rings (SSSR count). The van der Waals surface area contributed by atoms with Crippen LogP contribution in [-0.4, -0.2) is 23.4 Å². The molecular formula is C11H11ClN2O2S. The zero-order chi connectivity index (χ0) is 12.3. The summed E-state index contributed by atoms with van der Waals surface area (Å²) < 4.78 is 6.38. The molecule has 0 bridgehead atoms. The molecule has 1 aromatic carbocycles. The van der Waals surface area contributed by atoms with Crippen molar-refractivity contribution in [1.82, 2.24) is 4.98 Å². The first kappa shape index (κ1) is 12.1. The second kappa shape index (κ2) is 5.33. The van der Waals surface area contributed by atoms with Gasteiger partial charge in [-0.1, -0.05) is 11.3 Å². The lowest BCUT2D eigenvalue weighted by Crippen LogP contribution is -2.11. The number of fused-ring (bicyclic) bond motifs is 1. The van der Waals surface area contributed by atoms with Gasteiger partial charge in [0, 0.05) is 6.07 Å². The van der Waals surface area contributed by atoms with Gasteiger partial charge in [-0.05, 0) is 19.1 Å². The van der Waals surface area contributed by atoms with Gasteiger partial charge in [-0.3, -0.25) is 4.79 Å². The average molecular weight is 271 g/mol. The monoisotopic (exact) mass is 270 g/mol. The van der Waals surface area contributed by atoms with Gasteiger partial charge in [0.25, 0.3) is 0 Å². The van der Waals surface area contributed by atoms with E-state index < -0.39 is 0 Å². The summed E-state index contributed by atoms with van der Waals surface area (Å²) in [6, 6.07) is 5.66. The number of carbonyl (C=O) groups excluding carboxylic acids is 1. The maximum absolute atomic E-state index is 11.1. The van der Waals surface area contributed by atoms with Crippen LogP contribution in [0, 0.1) is 0 Å². The van der Waals surface area contributed by atoms with E-state index in [1.165, 1.54) is 11.3 Å². The molecule has 17 heavy (non-hydrogen) atoms. The quantitative estimate of drug-likeness (QED) is 0.869. The predicted octanol–water partition coefficient (Wildman–Crippen LogP) is 2.87. The molecule has 0 saturated heterocycles. The van der Waals surface area contributed by atoms with E-state index in [1.54, 1.807) is 0 Å². The topological polar surface area (TPSA) is 51.2 Å². The highest BCUT2D eigenvalue weighted by Crippen LogP contribution is 2.28. The van der Waals surface area contributed by atoms with Crippen molar-refractivity contribution in [3.8, 4) is 5.75 Å². The normalized spacial score (nSPS) is 10.5. The lowest BCUT2D eigenvalue weighted by atomic mass is 10.3. The molecule has 0 saturated carbocycles. The molecule has 0 atom stereocenters. The minimum atomic E-state index is -0.254. The molecule has 4 nitrogen and oxygen atoms in total. The molecule has 0 unspecified atom stereocenters. The highest BCUT2D eigenvalue weighted by molar-refractivity contribution is 7.22. The van der Waals surface area contributed by atoms with E-state index in [1.807, 2.05) is 25.1 Å². The molecule has 0 radical (unpaired) electrons. The van der Waals surface area contributed by atoms with Crippen LogP contribution in [0.4, 0.5) is 5.13 Å². The fourth-order valence-electron chi connectivity index (χ4n) is 1.37. The molecule has 0 aliphatic carbocycles. The van der Waals surface area contributed by atoms with E-state index in [2.05, 4.69) is 10.3 Å². The van der Waals surface area contributed by atoms with Crippen molar-refractivity contribution in [2.24, 2.45) is 0 Å². The number of aromatic nitrogens is 1. The summed E-state index contributed by atoms with van der Waals surface area (Å²) in [4.78, 5) is 15.4. The Kier molecular flexibility index (Phi) is 3.81. The van der Waals surface area contributed by atoms with Crippen molar-refractivity contribution in [1.29, 1.82) is 0 Å². The largest absolute Gasteiger partial charge is 0.494 e. The van der Waals surface area contributed by atoms with E-state index in [0.717, 1.165) is 16.0 Å². The second-order valence-corrected chi connectivity index (χ2v) is 4.56. The zero-order valence-electron chi connectivity index (χ0n) is 9.20. The van der Waals surface area contributed by atoms with Gasteiger partial charge >= 0.3 is 0 Å². The zero-order valence-corrected chi connectivity index (χ0v) is 10.8. The number of rotatable bonds is 4. The molecule has 90 valence electrons. The highest BCUT2D eigenvalue weighted by atomic mass is 35.5. The number of halogens is 1. The fourth-order valence-corrected chi connectivity index (χ4v) is 2.30. The third-order valence-electron chi connectivity index (χ3n) is 2.04. The summed E-state index contributed by atoms with van der Waals surface area (Å²) in [5, 5.41) is 3.18. The number of carbonyl (C=O) groups is 1. The summed E-state index contributed by atoms with van der Waals surface area (Å²) in [6.45, 7) is 2.54. The Morgan fingerprint density at radius 2 is 2.41 bits per heavy atom. The molecule has 6 heteroatoms. The second-order valence-electron chi connectivity index (χ2n) is 3.26. The minimum Gasteiger partial charge on any atom is -0.494 e. The molecule has 0 aliphatic heterocycles. The average Bonchev–Trinajstić information content (AvgIpc) is 2.70. The van der Waals surface area contributed by atoms with E-state index in [-0.39, 0.29) is 11.8 Å². The molecular weight excluding hydrogens is 260 g/mol. The summed E-state index contributed by atoms with van der Waals surface area (Å²) >= 11 is 6.82. The van der Waals surface area contributed by atoms with Crippen molar-refractivity contribution in [3.63, 3.8) is 0 Å². The lowest BCUT2D eigenvalue weighted by Gasteiger charge is -2.00. The van der Waals surface area contributed by atoms with Crippen LogP contribution in [0.5, 0.6) is 5.75 Å².